The lowest BCUT2D eigenvalue weighted by Gasteiger charge is -2.26. The molecule has 0 unspecified atom stereocenters. The fourth-order valence-electron chi connectivity index (χ4n) is 11.6. The van der Waals surface area contributed by atoms with Crippen molar-refractivity contribution in [2.75, 3.05) is 0 Å². The monoisotopic (exact) mass is 916 g/mol. The minimum atomic E-state index is -0.00573. The van der Waals surface area contributed by atoms with Gasteiger partial charge in [0.2, 0.25) is 0 Å². The molecule has 0 bridgehead atoms. The summed E-state index contributed by atoms with van der Waals surface area (Å²) in [6.07, 6.45) is 0. The Bertz CT molecular complexity index is 4230. The fraction of sp³-hybridized carbons (Fsp3) is 0.0556. The van der Waals surface area contributed by atoms with E-state index in [1.807, 2.05) is 0 Å². The summed E-state index contributed by atoms with van der Waals surface area (Å²) in [6.45, 7) is 6.99. The van der Waals surface area contributed by atoms with E-state index in [0.29, 0.717) is 0 Å². The Hall–Kier alpha value is -8.84. The van der Waals surface area contributed by atoms with Gasteiger partial charge in [0.05, 0.1) is 0 Å². The van der Waals surface area contributed by atoms with Crippen molar-refractivity contribution >= 4 is 86.2 Å². The number of hydrogen-bond acceptors (Lipinski definition) is 0. The summed E-state index contributed by atoms with van der Waals surface area (Å²) in [7, 11) is 0. The molecule has 0 saturated carbocycles. The van der Waals surface area contributed by atoms with Crippen molar-refractivity contribution in [2.45, 2.75) is 26.2 Å². The smallest absolute Gasteiger partial charge is 0.00232 e. The van der Waals surface area contributed by atoms with E-state index in [1.165, 1.54) is 136 Å². The molecule has 340 valence electrons. The van der Waals surface area contributed by atoms with Crippen molar-refractivity contribution in [3.05, 3.63) is 266 Å². The van der Waals surface area contributed by atoms with Crippen LogP contribution >= 0.6 is 0 Å². The maximum atomic E-state index is 2.37. The topological polar surface area (TPSA) is 0 Å². The Balaban J connectivity index is 0.000000141. The first-order valence-electron chi connectivity index (χ1n) is 25.2. The van der Waals surface area contributed by atoms with Crippen LogP contribution in [-0.4, -0.2) is 0 Å². The van der Waals surface area contributed by atoms with Crippen LogP contribution in [0.4, 0.5) is 0 Å². The Morgan fingerprint density at radius 1 is 0.208 bits per heavy atom. The van der Waals surface area contributed by atoms with Gasteiger partial charge in [0.25, 0.3) is 0 Å². The predicted molar refractivity (Wildman–Crippen MR) is 313 cm³/mol. The molecule has 14 rings (SSSR count). The molecule has 0 radical (unpaired) electrons. The summed E-state index contributed by atoms with van der Waals surface area (Å²) < 4.78 is 0. The van der Waals surface area contributed by atoms with E-state index in [1.54, 1.807) is 0 Å². The second-order valence-corrected chi connectivity index (χ2v) is 20.4. The fourth-order valence-corrected chi connectivity index (χ4v) is 11.6. The lowest BCUT2D eigenvalue weighted by Crippen LogP contribution is -2.12. The van der Waals surface area contributed by atoms with Crippen LogP contribution in [-0.2, 0) is 5.41 Å². The standard InChI is InChI=1S/C38H30.C34H22/c1-38(2,3)34-18-10-17-33-35(29-21-19-25-11-4-6-13-27(25)23-29)31-15-8-9-16-32(31)36(37(33)34)30-22-20-26-12-5-7-14-28(26)24-30;1-3-11-25-21-27(19-17-23(25)9-1)33-29-13-5-7-15-31(29)34(32-16-8-6-14-30(32)33)28-20-18-24-10-2-4-12-26(24)22-28/h4-24H,1-3H3;1-22H. The van der Waals surface area contributed by atoms with E-state index < -0.39 is 0 Å². The molecule has 0 aliphatic rings. The van der Waals surface area contributed by atoms with Gasteiger partial charge in [0, 0.05) is 0 Å². The van der Waals surface area contributed by atoms with Crippen molar-refractivity contribution in [3.8, 4) is 44.5 Å². The zero-order valence-corrected chi connectivity index (χ0v) is 40.8. The highest BCUT2D eigenvalue weighted by Crippen LogP contribution is 2.48. The number of hydrogen-bond donors (Lipinski definition) is 0. The van der Waals surface area contributed by atoms with Crippen molar-refractivity contribution in [1.29, 1.82) is 0 Å². The van der Waals surface area contributed by atoms with E-state index in [-0.39, 0.29) is 5.41 Å². The Kier molecular flexibility index (Phi) is 10.5. The van der Waals surface area contributed by atoms with Crippen molar-refractivity contribution in [1.82, 2.24) is 0 Å². The second-order valence-electron chi connectivity index (χ2n) is 20.4. The number of fused-ring (bicyclic) bond motifs is 8. The van der Waals surface area contributed by atoms with Crippen LogP contribution < -0.4 is 0 Å². The average Bonchev–Trinajstić information content (AvgIpc) is 3.43. The van der Waals surface area contributed by atoms with Gasteiger partial charge in [-0.25, -0.2) is 0 Å². The van der Waals surface area contributed by atoms with Gasteiger partial charge in [-0.1, -0.05) is 257 Å². The lowest BCUT2D eigenvalue weighted by atomic mass is 9.77. The van der Waals surface area contributed by atoms with E-state index in [2.05, 4.69) is 282 Å². The molecule has 0 aliphatic heterocycles. The Morgan fingerprint density at radius 2 is 0.458 bits per heavy atom. The third-order valence-corrected chi connectivity index (χ3v) is 14.9. The third kappa shape index (κ3) is 7.47. The van der Waals surface area contributed by atoms with Gasteiger partial charge in [0.1, 0.15) is 0 Å². The molecule has 0 heteroatoms. The first-order valence-corrected chi connectivity index (χ1v) is 25.2. The van der Waals surface area contributed by atoms with Crippen LogP contribution in [0, 0.1) is 0 Å². The number of benzene rings is 14. The Morgan fingerprint density at radius 3 is 0.778 bits per heavy atom. The first-order chi connectivity index (χ1) is 35.4. The summed E-state index contributed by atoms with van der Waals surface area (Å²) in [5, 5.41) is 20.6. The van der Waals surface area contributed by atoms with Gasteiger partial charge in [-0.05, 0) is 166 Å². The molecule has 0 spiro atoms. The Labute approximate surface area is 421 Å². The van der Waals surface area contributed by atoms with Gasteiger partial charge in [-0.2, -0.15) is 0 Å². The summed E-state index contributed by atoms with van der Waals surface area (Å²) in [5.74, 6) is 0. The largest absolute Gasteiger partial charge is 0.0616 e. The lowest BCUT2D eigenvalue weighted by molar-refractivity contribution is 0.596. The molecule has 0 aromatic heterocycles. The third-order valence-electron chi connectivity index (χ3n) is 14.9. The minimum absolute atomic E-state index is 0.00573. The zero-order chi connectivity index (χ0) is 48.3. The molecule has 0 aliphatic carbocycles. The van der Waals surface area contributed by atoms with Crippen molar-refractivity contribution in [2.24, 2.45) is 0 Å². The summed E-state index contributed by atoms with van der Waals surface area (Å²) in [4.78, 5) is 0. The molecule has 0 saturated heterocycles. The van der Waals surface area contributed by atoms with Crippen LogP contribution in [0.1, 0.15) is 26.3 Å². The van der Waals surface area contributed by atoms with Crippen LogP contribution in [0.5, 0.6) is 0 Å². The molecule has 0 N–H and O–H groups in total. The van der Waals surface area contributed by atoms with Crippen molar-refractivity contribution in [3.63, 3.8) is 0 Å². The summed E-state index contributed by atoms with van der Waals surface area (Å²) in [6, 6.07) is 95.6. The quantitative estimate of drug-likeness (QED) is 0.154. The van der Waals surface area contributed by atoms with Crippen LogP contribution in [0.15, 0.2) is 261 Å². The minimum Gasteiger partial charge on any atom is -0.0616 e. The molecular formula is C72H52. The molecule has 0 amide bonds. The second kappa shape index (κ2) is 17.5. The number of rotatable bonds is 4. The SMILES string of the molecule is CC(C)(C)c1cccc2c(-c3ccc4ccccc4c3)c3ccccc3c(-c3ccc4ccccc4c3)c12.c1ccc2cc(-c3c4ccccc4c(-c4ccc5ccccc5c4)c4ccccc34)ccc2c1. The summed E-state index contributed by atoms with van der Waals surface area (Å²) >= 11 is 0. The van der Waals surface area contributed by atoms with Crippen LogP contribution in [0.2, 0.25) is 0 Å². The molecular weight excluding hydrogens is 865 g/mol. The molecule has 72 heavy (non-hydrogen) atoms. The highest BCUT2D eigenvalue weighted by molar-refractivity contribution is 6.24. The van der Waals surface area contributed by atoms with Gasteiger partial charge in [0.15, 0.2) is 0 Å². The molecule has 14 aromatic rings. The van der Waals surface area contributed by atoms with Crippen molar-refractivity contribution < 1.29 is 0 Å². The maximum Gasteiger partial charge on any atom is -0.00232 e. The molecule has 0 atom stereocenters. The van der Waals surface area contributed by atoms with Crippen LogP contribution in [0.3, 0.4) is 0 Å². The molecule has 0 heterocycles. The highest BCUT2D eigenvalue weighted by atomic mass is 14.3. The molecule has 14 aromatic carbocycles. The highest BCUT2D eigenvalue weighted by Gasteiger charge is 2.24. The average molecular weight is 917 g/mol. The van der Waals surface area contributed by atoms with Crippen LogP contribution in [0.25, 0.3) is 131 Å². The van der Waals surface area contributed by atoms with E-state index in [4.69, 9.17) is 0 Å². The van der Waals surface area contributed by atoms with Gasteiger partial charge >= 0.3 is 0 Å². The normalized spacial score (nSPS) is 11.8. The van der Waals surface area contributed by atoms with E-state index >= 15 is 0 Å². The predicted octanol–water partition coefficient (Wildman–Crippen LogP) is 20.6. The summed E-state index contributed by atoms with van der Waals surface area (Å²) in [5.41, 5.74) is 11.7. The van der Waals surface area contributed by atoms with Gasteiger partial charge in [-0.15, -0.1) is 0 Å². The van der Waals surface area contributed by atoms with E-state index in [9.17, 15) is 0 Å². The maximum absolute atomic E-state index is 2.37. The molecule has 0 nitrogen and oxygen atoms in total. The van der Waals surface area contributed by atoms with Gasteiger partial charge < -0.3 is 0 Å². The zero-order valence-electron chi connectivity index (χ0n) is 40.8. The van der Waals surface area contributed by atoms with Gasteiger partial charge in [-0.3, -0.25) is 0 Å². The van der Waals surface area contributed by atoms with E-state index in [0.717, 1.165) is 0 Å². The molecule has 0 fully saturated rings. The first kappa shape index (κ1) is 43.2.